The molecule has 1 heterocycles. The molecule has 5 heteroatoms. The van der Waals surface area contributed by atoms with Gasteiger partial charge in [-0.25, -0.2) is 4.98 Å². The van der Waals surface area contributed by atoms with E-state index in [-0.39, 0.29) is 0 Å². The molecule has 0 amide bonds. The number of aromatic nitrogens is 1. The van der Waals surface area contributed by atoms with Gasteiger partial charge in [-0.3, -0.25) is 5.43 Å². The first-order chi connectivity index (χ1) is 11.3. The van der Waals surface area contributed by atoms with Crippen molar-refractivity contribution in [3.8, 4) is 5.75 Å². The summed E-state index contributed by atoms with van der Waals surface area (Å²) < 4.78 is 6.85. The summed E-state index contributed by atoms with van der Waals surface area (Å²) in [6.07, 6.45) is 3.98. The second-order valence-electron chi connectivity index (χ2n) is 5.13. The van der Waals surface area contributed by atoms with Crippen LogP contribution in [0.2, 0.25) is 0 Å². The van der Waals surface area contributed by atoms with Gasteiger partial charge in [0.25, 0.3) is 0 Å². The van der Waals surface area contributed by atoms with E-state index in [2.05, 4.69) is 28.5 Å². The summed E-state index contributed by atoms with van der Waals surface area (Å²) in [6.45, 7) is 2.90. The highest BCUT2D eigenvalue weighted by molar-refractivity contribution is 7.22. The molecule has 1 N–H and O–H groups in total. The number of ether oxygens (including phenoxy) is 1. The Labute approximate surface area is 139 Å². The van der Waals surface area contributed by atoms with Crippen molar-refractivity contribution >= 4 is 32.9 Å². The Balaban J connectivity index is 1.62. The Bertz CT molecular complexity index is 765. The zero-order valence-electron chi connectivity index (χ0n) is 13.0. The fourth-order valence-corrected chi connectivity index (χ4v) is 2.92. The van der Waals surface area contributed by atoms with Gasteiger partial charge in [-0.05, 0) is 36.2 Å². The first-order valence-corrected chi connectivity index (χ1v) is 8.54. The van der Waals surface area contributed by atoms with Crippen molar-refractivity contribution < 1.29 is 4.74 Å². The smallest absolute Gasteiger partial charge is 0.204 e. The molecule has 0 radical (unpaired) electrons. The lowest BCUT2D eigenvalue weighted by molar-refractivity contribution is 0.309. The molecule has 0 aliphatic rings. The number of nitrogens with zero attached hydrogens (tertiary/aromatic N) is 2. The molecule has 1 aromatic heterocycles. The number of nitrogens with one attached hydrogen (secondary N) is 1. The molecule has 3 rings (SSSR count). The Kier molecular flexibility index (Phi) is 5.21. The maximum absolute atomic E-state index is 5.70. The number of hydrogen-bond donors (Lipinski definition) is 1. The topological polar surface area (TPSA) is 46.5 Å². The van der Waals surface area contributed by atoms with Crippen LogP contribution in [0.25, 0.3) is 10.2 Å². The molecule has 0 atom stereocenters. The zero-order valence-corrected chi connectivity index (χ0v) is 13.8. The van der Waals surface area contributed by atoms with E-state index in [1.165, 1.54) is 0 Å². The van der Waals surface area contributed by atoms with E-state index in [0.717, 1.165) is 46.1 Å². The van der Waals surface area contributed by atoms with Crippen LogP contribution in [0.3, 0.4) is 0 Å². The molecule has 0 saturated heterocycles. The molecule has 0 aliphatic carbocycles. The van der Waals surface area contributed by atoms with Crippen LogP contribution < -0.4 is 10.2 Å². The van der Waals surface area contributed by atoms with E-state index in [9.17, 15) is 0 Å². The molecule has 23 heavy (non-hydrogen) atoms. The van der Waals surface area contributed by atoms with Crippen molar-refractivity contribution in [3.05, 3.63) is 54.1 Å². The molecule has 0 fully saturated rings. The second-order valence-corrected chi connectivity index (χ2v) is 6.16. The van der Waals surface area contributed by atoms with E-state index in [4.69, 9.17) is 4.74 Å². The SMILES string of the molecule is CCCCOc1cccc(/C=N\Nc2nc3ccccc3s2)c1. The second kappa shape index (κ2) is 7.74. The summed E-state index contributed by atoms with van der Waals surface area (Å²) in [4.78, 5) is 4.48. The average molecular weight is 325 g/mol. The summed E-state index contributed by atoms with van der Waals surface area (Å²) >= 11 is 1.59. The van der Waals surface area contributed by atoms with Crippen LogP contribution in [0.4, 0.5) is 5.13 Å². The van der Waals surface area contributed by atoms with E-state index in [0.29, 0.717) is 0 Å². The van der Waals surface area contributed by atoms with Crippen LogP contribution in [0, 0.1) is 0 Å². The average Bonchev–Trinajstić information content (AvgIpc) is 2.98. The lowest BCUT2D eigenvalue weighted by Gasteiger charge is -2.05. The van der Waals surface area contributed by atoms with Gasteiger partial charge < -0.3 is 4.74 Å². The third-order valence-corrected chi connectivity index (χ3v) is 4.23. The van der Waals surface area contributed by atoms with E-state index in [1.807, 2.05) is 42.5 Å². The highest BCUT2D eigenvalue weighted by atomic mass is 32.1. The highest BCUT2D eigenvalue weighted by Gasteiger charge is 2.01. The number of para-hydroxylation sites is 1. The number of anilines is 1. The van der Waals surface area contributed by atoms with Gasteiger partial charge in [0.05, 0.1) is 23.0 Å². The third kappa shape index (κ3) is 4.29. The molecule has 0 aliphatic heterocycles. The molecule has 0 bridgehead atoms. The van der Waals surface area contributed by atoms with Gasteiger partial charge in [0.2, 0.25) is 5.13 Å². The number of fused-ring (bicyclic) bond motifs is 1. The number of benzene rings is 2. The van der Waals surface area contributed by atoms with Crippen LogP contribution in [0.1, 0.15) is 25.3 Å². The predicted octanol–water partition coefficient (Wildman–Crippen LogP) is 4.92. The Morgan fingerprint density at radius 1 is 1.22 bits per heavy atom. The monoisotopic (exact) mass is 325 g/mol. The maximum atomic E-state index is 5.70. The van der Waals surface area contributed by atoms with Gasteiger partial charge in [-0.1, -0.05) is 48.9 Å². The van der Waals surface area contributed by atoms with Gasteiger partial charge in [0.15, 0.2) is 0 Å². The molecule has 2 aromatic carbocycles. The molecule has 0 saturated carbocycles. The summed E-state index contributed by atoms with van der Waals surface area (Å²) in [7, 11) is 0. The van der Waals surface area contributed by atoms with Crippen molar-refractivity contribution in [1.29, 1.82) is 0 Å². The number of rotatable bonds is 7. The number of thiazole rings is 1. The fraction of sp³-hybridized carbons (Fsp3) is 0.222. The molecule has 0 spiro atoms. The van der Waals surface area contributed by atoms with Crippen molar-refractivity contribution in [2.45, 2.75) is 19.8 Å². The van der Waals surface area contributed by atoms with Crippen LogP contribution in [-0.4, -0.2) is 17.8 Å². The Hall–Kier alpha value is -2.40. The number of unbranched alkanes of at least 4 members (excludes halogenated alkanes) is 1. The van der Waals surface area contributed by atoms with Crippen LogP contribution in [0.15, 0.2) is 53.6 Å². The number of hydrazone groups is 1. The summed E-state index contributed by atoms with van der Waals surface area (Å²) in [5.74, 6) is 0.877. The van der Waals surface area contributed by atoms with Crippen LogP contribution in [0.5, 0.6) is 5.75 Å². The van der Waals surface area contributed by atoms with Crippen LogP contribution in [-0.2, 0) is 0 Å². The lowest BCUT2D eigenvalue weighted by Crippen LogP contribution is -1.97. The minimum Gasteiger partial charge on any atom is -0.494 e. The van der Waals surface area contributed by atoms with E-state index < -0.39 is 0 Å². The largest absolute Gasteiger partial charge is 0.494 e. The van der Waals surface area contributed by atoms with Crippen molar-refractivity contribution in [2.24, 2.45) is 5.10 Å². The van der Waals surface area contributed by atoms with Crippen molar-refractivity contribution in [1.82, 2.24) is 4.98 Å². The minimum absolute atomic E-state index is 0.751. The van der Waals surface area contributed by atoms with Gasteiger partial charge >= 0.3 is 0 Å². The van der Waals surface area contributed by atoms with Gasteiger partial charge in [0, 0.05) is 0 Å². The fourth-order valence-electron chi connectivity index (χ4n) is 2.10. The Morgan fingerprint density at radius 2 is 2.13 bits per heavy atom. The standard InChI is InChI=1S/C18H19N3OS/c1-2-3-11-22-15-8-6-7-14(12-15)13-19-21-18-20-16-9-4-5-10-17(16)23-18/h4-10,12-13H,2-3,11H2,1H3,(H,20,21)/b19-13-. The van der Waals surface area contributed by atoms with Crippen LogP contribution >= 0.6 is 11.3 Å². The normalized spacial score (nSPS) is 11.2. The summed E-state index contributed by atoms with van der Waals surface area (Å²) in [6, 6.07) is 16.0. The quantitative estimate of drug-likeness (QED) is 0.381. The van der Waals surface area contributed by atoms with Gasteiger partial charge in [-0.2, -0.15) is 5.10 Å². The Morgan fingerprint density at radius 3 is 3.00 bits per heavy atom. The molecule has 118 valence electrons. The molecule has 0 unspecified atom stereocenters. The van der Waals surface area contributed by atoms with Gasteiger partial charge in [-0.15, -0.1) is 0 Å². The van der Waals surface area contributed by atoms with Gasteiger partial charge in [0.1, 0.15) is 5.75 Å². The molecule has 4 nitrogen and oxygen atoms in total. The van der Waals surface area contributed by atoms with Crippen molar-refractivity contribution in [3.63, 3.8) is 0 Å². The van der Waals surface area contributed by atoms with Crippen molar-refractivity contribution in [2.75, 3.05) is 12.0 Å². The third-order valence-electron chi connectivity index (χ3n) is 3.29. The predicted molar refractivity (Wildman–Crippen MR) is 97.7 cm³/mol. The molecular formula is C18H19N3OS. The summed E-state index contributed by atoms with van der Waals surface area (Å²) in [5, 5.41) is 5.05. The minimum atomic E-state index is 0.751. The maximum Gasteiger partial charge on any atom is 0.204 e. The van der Waals surface area contributed by atoms with E-state index >= 15 is 0 Å². The molecular weight excluding hydrogens is 306 g/mol. The molecule has 3 aromatic rings. The zero-order chi connectivity index (χ0) is 15.9. The highest BCUT2D eigenvalue weighted by Crippen LogP contribution is 2.25. The first-order valence-electron chi connectivity index (χ1n) is 7.72. The summed E-state index contributed by atoms with van der Waals surface area (Å²) in [5.41, 5.74) is 4.97. The lowest BCUT2D eigenvalue weighted by atomic mass is 10.2. The number of hydrogen-bond acceptors (Lipinski definition) is 5. The van der Waals surface area contributed by atoms with E-state index in [1.54, 1.807) is 17.6 Å². The first kappa shape index (κ1) is 15.5.